The molecule has 23 heavy (non-hydrogen) atoms. The number of hydrazine groups is 1. The minimum atomic E-state index is -0.393. The van der Waals surface area contributed by atoms with Crippen LogP contribution in [0.2, 0.25) is 0 Å². The summed E-state index contributed by atoms with van der Waals surface area (Å²) in [6.45, 7) is 4.12. The molecule has 1 aliphatic heterocycles. The summed E-state index contributed by atoms with van der Waals surface area (Å²) >= 11 is 1.51. The lowest BCUT2D eigenvalue weighted by Crippen LogP contribution is -2.47. The number of amides is 3. The first kappa shape index (κ1) is 14.6. The van der Waals surface area contributed by atoms with E-state index in [4.69, 9.17) is 0 Å². The molecule has 2 aliphatic carbocycles. The summed E-state index contributed by atoms with van der Waals surface area (Å²) in [7, 11) is 0. The van der Waals surface area contributed by atoms with Crippen molar-refractivity contribution in [2.45, 2.75) is 26.2 Å². The maximum absolute atomic E-state index is 12.5. The maximum Gasteiger partial charge on any atom is 0.271 e. The number of thiophene rings is 1. The van der Waals surface area contributed by atoms with Crippen LogP contribution >= 0.6 is 11.3 Å². The predicted octanol–water partition coefficient (Wildman–Crippen LogP) is 2.32. The van der Waals surface area contributed by atoms with Gasteiger partial charge >= 0.3 is 0 Å². The molecule has 1 aromatic heterocycles. The van der Waals surface area contributed by atoms with Crippen molar-refractivity contribution >= 4 is 29.1 Å². The fraction of sp³-hybridized carbons (Fsp3) is 0.471. The number of nitrogens with one attached hydrogen (secondary N) is 1. The molecule has 0 radical (unpaired) electrons. The van der Waals surface area contributed by atoms with E-state index >= 15 is 0 Å². The molecule has 4 unspecified atom stereocenters. The summed E-state index contributed by atoms with van der Waals surface area (Å²) in [5, 5.41) is 2.72. The number of fused-ring (bicyclic) bond motifs is 5. The predicted molar refractivity (Wildman–Crippen MR) is 85.4 cm³/mol. The average molecular weight is 330 g/mol. The Labute approximate surface area is 138 Å². The SMILES string of the molecule is CC(C)c1cc(C(=O)NN2C(=O)C3C4C=CC(C4)C3C2=O)cs1. The summed E-state index contributed by atoms with van der Waals surface area (Å²) in [5.74, 6) is -0.839. The summed E-state index contributed by atoms with van der Waals surface area (Å²) in [6, 6.07) is 1.82. The van der Waals surface area contributed by atoms with Crippen molar-refractivity contribution in [1.82, 2.24) is 10.4 Å². The van der Waals surface area contributed by atoms with Crippen LogP contribution in [-0.2, 0) is 9.59 Å². The molecular formula is C17H18N2O3S. The number of hydrogen-bond acceptors (Lipinski definition) is 4. The molecule has 120 valence electrons. The van der Waals surface area contributed by atoms with E-state index in [0.29, 0.717) is 11.5 Å². The molecule has 5 nitrogen and oxygen atoms in total. The third kappa shape index (κ3) is 2.08. The molecule has 1 N–H and O–H groups in total. The Morgan fingerprint density at radius 3 is 2.35 bits per heavy atom. The molecule has 0 spiro atoms. The molecule has 1 saturated carbocycles. The number of nitrogens with zero attached hydrogens (tertiary/aromatic N) is 1. The Kier molecular flexibility index (Phi) is 3.20. The molecular weight excluding hydrogens is 312 g/mol. The number of imide groups is 1. The Morgan fingerprint density at radius 1 is 1.22 bits per heavy atom. The molecule has 6 heteroatoms. The van der Waals surface area contributed by atoms with Crippen LogP contribution in [0.5, 0.6) is 0 Å². The minimum absolute atomic E-state index is 0.150. The van der Waals surface area contributed by atoms with Crippen molar-refractivity contribution in [3.05, 3.63) is 34.0 Å². The third-order valence-electron chi connectivity index (χ3n) is 5.13. The van der Waals surface area contributed by atoms with Gasteiger partial charge in [-0.05, 0) is 30.2 Å². The van der Waals surface area contributed by atoms with E-state index in [2.05, 4.69) is 19.3 Å². The smallest absolute Gasteiger partial charge is 0.271 e. The van der Waals surface area contributed by atoms with Crippen LogP contribution < -0.4 is 5.43 Å². The van der Waals surface area contributed by atoms with Gasteiger partial charge in [0, 0.05) is 10.3 Å². The zero-order valence-electron chi connectivity index (χ0n) is 13.0. The average Bonchev–Trinajstić information content (AvgIpc) is 3.26. The molecule has 4 atom stereocenters. The lowest BCUT2D eigenvalue weighted by Gasteiger charge is -2.17. The van der Waals surface area contributed by atoms with Crippen LogP contribution in [0.4, 0.5) is 0 Å². The van der Waals surface area contributed by atoms with Crippen molar-refractivity contribution in [3.63, 3.8) is 0 Å². The van der Waals surface area contributed by atoms with Crippen molar-refractivity contribution in [2.75, 3.05) is 0 Å². The first-order valence-corrected chi connectivity index (χ1v) is 8.81. The van der Waals surface area contributed by atoms with Crippen LogP contribution in [-0.4, -0.2) is 22.7 Å². The number of carbonyl (C=O) groups is 3. The first-order valence-electron chi connectivity index (χ1n) is 7.93. The van der Waals surface area contributed by atoms with Crippen molar-refractivity contribution in [2.24, 2.45) is 23.7 Å². The number of hydrogen-bond donors (Lipinski definition) is 1. The van der Waals surface area contributed by atoms with Gasteiger partial charge in [-0.1, -0.05) is 26.0 Å². The Morgan fingerprint density at radius 2 is 1.83 bits per heavy atom. The quantitative estimate of drug-likeness (QED) is 0.683. The van der Waals surface area contributed by atoms with Crippen LogP contribution in [0.25, 0.3) is 0 Å². The van der Waals surface area contributed by atoms with Gasteiger partial charge in [-0.15, -0.1) is 11.3 Å². The van der Waals surface area contributed by atoms with Crippen LogP contribution in [0.1, 0.15) is 41.4 Å². The first-order chi connectivity index (χ1) is 11.0. The molecule has 1 aromatic rings. The molecule has 2 fully saturated rings. The van der Waals surface area contributed by atoms with Gasteiger partial charge in [-0.25, -0.2) is 0 Å². The number of carbonyl (C=O) groups excluding carboxylic acids is 3. The zero-order valence-corrected chi connectivity index (χ0v) is 13.8. The van der Waals surface area contributed by atoms with E-state index in [1.807, 2.05) is 18.2 Å². The zero-order chi connectivity index (χ0) is 16.3. The highest BCUT2D eigenvalue weighted by Crippen LogP contribution is 2.52. The lowest BCUT2D eigenvalue weighted by molar-refractivity contribution is -0.143. The number of rotatable bonds is 3. The van der Waals surface area contributed by atoms with Gasteiger partial charge < -0.3 is 0 Å². The van der Waals surface area contributed by atoms with Gasteiger partial charge in [0.2, 0.25) is 0 Å². The molecule has 4 rings (SSSR count). The largest absolute Gasteiger partial charge is 0.272 e. The summed E-state index contributed by atoms with van der Waals surface area (Å²) in [5.41, 5.74) is 3.02. The highest BCUT2D eigenvalue weighted by Gasteiger charge is 2.59. The standard InChI is InChI=1S/C17H18N2O3S/c1-8(2)12-6-11(7-23-12)15(20)18-19-16(21)13-9-3-4-10(5-9)14(13)17(19)22/h3-4,6-10,13-14H,5H2,1-2H3,(H,18,20). The van der Waals surface area contributed by atoms with E-state index < -0.39 is 5.91 Å². The minimum Gasteiger partial charge on any atom is -0.272 e. The molecule has 1 saturated heterocycles. The highest BCUT2D eigenvalue weighted by atomic mass is 32.1. The van der Waals surface area contributed by atoms with E-state index in [0.717, 1.165) is 16.3 Å². The second kappa shape index (κ2) is 5.03. The topological polar surface area (TPSA) is 66.5 Å². The van der Waals surface area contributed by atoms with Gasteiger partial charge in [0.25, 0.3) is 17.7 Å². The molecule has 0 aromatic carbocycles. The van der Waals surface area contributed by atoms with Crippen molar-refractivity contribution < 1.29 is 14.4 Å². The normalized spacial score (nSPS) is 31.3. The highest BCUT2D eigenvalue weighted by molar-refractivity contribution is 7.10. The maximum atomic E-state index is 12.5. The lowest BCUT2D eigenvalue weighted by atomic mass is 9.85. The second-order valence-electron chi connectivity index (χ2n) is 6.85. The molecule has 2 bridgehead atoms. The van der Waals surface area contributed by atoms with E-state index in [-0.39, 0.29) is 35.5 Å². The monoisotopic (exact) mass is 330 g/mol. The Bertz CT molecular complexity index is 706. The van der Waals surface area contributed by atoms with Crippen LogP contribution in [0, 0.1) is 23.7 Å². The van der Waals surface area contributed by atoms with E-state index in [1.54, 1.807) is 5.38 Å². The van der Waals surface area contributed by atoms with Gasteiger partial charge in [0.15, 0.2) is 0 Å². The third-order valence-corrected chi connectivity index (χ3v) is 6.37. The van der Waals surface area contributed by atoms with E-state index in [1.165, 1.54) is 11.3 Å². The Hall–Kier alpha value is -1.95. The molecule has 3 aliphatic rings. The molecule has 2 heterocycles. The Balaban J connectivity index is 1.52. The van der Waals surface area contributed by atoms with Gasteiger partial charge in [-0.2, -0.15) is 5.01 Å². The van der Waals surface area contributed by atoms with Crippen LogP contribution in [0.15, 0.2) is 23.6 Å². The summed E-state index contributed by atoms with van der Waals surface area (Å²) in [6.07, 6.45) is 4.96. The van der Waals surface area contributed by atoms with Gasteiger partial charge in [0.1, 0.15) is 0 Å². The van der Waals surface area contributed by atoms with Crippen molar-refractivity contribution in [1.29, 1.82) is 0 Å². The summed E-state index contributed by atoms with van der Waals surface area (Å²) < 4.78 is 0. The van der Waals surface area contributed by atoms with Gasteiger partial charge in [-0.3, -0.25) is 19.8 Å². The fourth-order valence-corrected chi connectivity index (χ4v) is 4.86. The van der Waals surface area contributed by atoms with Crippen LogP contribution in [0.3, 0.4) is 0 Å². The van der Waals surface area contributed by atoms with Crippen molar-refractivity contribution in [3.8, 4) is 0 Å². The summed E-state index contributed by atoms with van der Waals surface area (Å²) in [4.78, 5) is 38.5. The van der Waals surface area contributed by atoms with Gasteiger partial charge in [0.05, 0.1) is 17.4 Å². The number of allylic oxidation sites excluding steroid dienone is 2. The van der Waals surface area contributed by atoms with E-state index in [9.17, 15) is 14.4 Å². The second-order valence-corrected chi connectivity index (χ2v) is 7.79. The molecule has 3 amide bonds. The fourth-order valence-electron chi connectivity index (χ4n) is 3.95.